The van der Waals surface area contributed by atoms with E-state index in [0.29, 0.717) is 6.61 Å². The Morgan fingerprint density at radius 2 is 1.57 bits per heavy atom. The summed E-state index contributed by atoms with van der Waals surface area (Å²) >= 11 is 0. The summed E-state index contributed by atoms with van der Waals surface area (Å²) in [5, 5.41) is 4.42. The molecule has 138 valence electrons. The lowest BCUT2D eigenvalue weighted by Crippen LogP contribution is -1.99. The highest BCUT2D eigenvalue weighted by atomic mass is 16.5. The van der Waals surface area contributed by atoms with Crippen LogP contribution in [0.2, 0.25) is 0 Å². The normalized spacial score (nSPS) is 10.8. The lowest BCUT2D eigenvalue weighted by molar-refractivity contribution is 0.311. The maximum absolute atomic E-state index is 6.29. The fraction of sp³-hybridized carbons (Fsp3) is 0.0769. The van der Waals surface area contributed by atoms with Crippen molar-refractivity contribution in [1.82, 2.24) is 0 Å². The first-order chi connectivity index (χ1) is 13.7. The third kappa shape index (κ3) is 3.25. The van der Waals surface area contributed by atoms with E-state index in [1.807, 2.05) is 42.5 Å². The van der Waals surface area contributed by atoms with Crippen molar-refractivity contribution in [3.63, 3.8) is 0 Å². The quantitative estimate of drug-likeness (QED) is 0.371. The van der Waals surface area contributed by atoms with Crippen LogP contribution < -0.4 is 9.47 Å². The summed E-state index contributed by atoms with van der Waals surface area (Å²) < 4.78 is 11.8. The Morgan fingerprint density at radius 1 is 0.750 bits per heavy atom. The van der Waals surface area contributed by atoms with E-state index in [9.17, 15) is 0 Å². The maximum atomic E-state index is 6.29. The van der Waals surface area contributed by atoms with Crippen molar-refractivity contribution in [3.8, 4) is 11.5 Å². The van der Waals surface area contributed by atoms with Gasteiger partial charge in [0.25, 0.3) is 0 Å². The molecule has 0 heterocycles. The molecule has 0 N–H and O–H groups in total. The Balaban J connectivity index is 1.76. The van der Waals surface area contributed by atoms with Crippen LogP contribution in [-0.4, -0.2) is 7.11 Å². The molecule has 0 radical (unpaired) electrons. The SMILES string of the molecule is C=Cc1cc(OCc2ccc(OC)c3ccc(C=C)cc23)c2ccccc2c1. The third-order valence-electron chi connectivity index (χ3n) is 5.01. The molecule has 0 amide bonds. The average molecular weight is 366 g/mol. The molecule has 0 aliphatic heterocycles. The molecule has 0 bridgehead atoms. The van der Waals surface area contributed by atoms with Gasteiger partial charge in [-0.25, -0.2) is 0 Å². The number of fused-ring (bicyclic) bond motifs is 2. The molecule has 0 saturated carbocycles. The second-order valence-corrected chi connectivity index (χ2v) is 6.67. The van der Waals surface area contributed by atoms with Crippen LogP contribution in [0.15, 0.2) is 79.9 Å². The van der Waals surface area contributed by atoms with E-state index >= 15 is 0 Å². The monoisotopic (exact) mass is 366 g/mol. The molecular formula is C26H22O2. The molecule has 4 rings (SSSR count). The molecule has 4 aromatic carbocycles. The zero-order valence-corrected chi connectivity index (χ0v) is 15.9. The van der Waals surface area contributed by atoms with Gasteiger partial charge in [0.15, 0.2) is 0 Å². The van der Waals surface area contributed by atoms with Crippen molar-refractivity contribution in [3.05, 3.63) is 96.6 Å². The van der Waals surface area contributed by atoms with E-state index in [-0.39, 0.29) is 0 Å². The highest BCUT2D eigenvalue weighted by molar-refractivity contribution is 5.93. The van der Waals surface area contributed by atoms with Crippen molar-refractivity contribution in [1.29, 1.82) is 0 Å². The summed E-state index contributed by atoms with van der Waals surface area (Å²) in [7, 11) is 1.69. The topological polar surface area (TPSA) is 18.5 Å². The first kappa shape index (κ1) is 17.9. The Kier molecular flexibility index (Phi) is 4.86. The average Bonchev–Trinajstić information content (AvgIpc) is 2.76. The van der Waals surface area contributed by atoms with Crippen LogP contribution in [0, 0.1) is 0 Å². The largest absolute Gasteiger partial charge is 0.496 e. The highest BCUT2D eigenvalue weighted by Crippen LogP contribution is 2.32. The van der Waals surface area contributed by atoms with Crippen LogP contribution in [0.4, 0.5) is 0 Å². The number of methoxy groups -OCH3 is 1. The summed E-state index contributed by atoms with van der Waals surface area (Å²) in [4.78, 5) is 0. The molecule has 0 aliphatic rings. The van der Waals surface area contributed by atoms with Crippen LogP contribution in [-0.2, 0) is 6.61 Å². The zero-order chi connectivity index (χ0) is 19.5. The summed E-state index contributed by atoms with van der Waals surface area (Å²) in [6.45, 7) is 8.25. The molecule has 2 heteroatoms. The van der Waals surface area contributed by atoms with Crippen LogP contribution in [0.5, 0.6) is 11.5 Å². The molecule has 0 unspecified atom stereocenters. The van der Waals surface area contributed by atoms with Gasteiger partial charge in [-0.05, 0) is 51.7 Å². The first-order valence-electron chi connectivity index (χ1n) is 9.23. The van der Waals surface area contributed by atoms with Crippen LogP contribution in [0.25, 0.3) is 33.7 Å². The smallest absolute Gasteiger partial charge is 0.128 e. The highest BCUT2D eigenvalue weighted by Gasteiger charge is 2.10. The summed E-state index contributed by atoms with van der Waals surface area (Å²) in [5.74, 6) is 1.71. The van der Waals surface area contributed by atoms with Crippen molar-refractivity contribution >= 4 is 33.7 Å². The number of rotatable bonds is 6. The van der Waals surface area contributed by atoms with E-state index in [1.165, 1.54) is 0 Å². The molecule has 0 fully saturated rings. The standard InChI is InChI=1S/C26H22O2/c1-4-18-10-12-23-24(15-18)21(11-13-25(23)27-3)17-28-26-16-19(5-2)14-20-8-6-7-9-22(20)26/h4-16H,1-2,17H2,3H3. The fourth-order valence-corrected chi connectivity index (χ4v) is 3.52. The predicted molar refractivity (Wildman–Crippen MR) is 119 cm³/mol. The second kappa shape index (κ2) is 7.61. The van der Waals surface area contributed by atoms with Gasteiger partial charge in [-0.15, -0.1) is 0 Å². The molecular weight excluding hydrogens is 344 g/mol. The number of hydrogen-bond donors (Lipinski definition) is 0. The lowest BCUT2D eigenvalue weighted by Gasteiger charge is -2.14. The van der Waals surface area contributed by atoms with Crippen molar-refractivity contribution in [2.45, 2.75) is 6.61 Å². The van der Waals surface area contributed by atoms with E-state index in [4.69, 9.17) is 9.47 Å². The van der Waals surface area contributed by atoms with E-state index in [0.717, 1.165) is 49.7 Å². The molecule has 0 spiro atoms. The van der Waals surface area contributed by atoms with Gasteiger partial charge in [0, 0.05) is 10.8 Å². The molecule has 0 atom stereocenters. The van der Waals surface area contributed by atoms with E-state index < -0.39 is 0 Å². The molecule has 0 aromatic heterocycles. The molecule has 0 saturated heterocycles. The van der Waals surface area contributed by atoms with E-state index in [1.54, 1.807) is 7.11 Å². The third-order valence-corrected chi connectivity index (χ3v) is 5.01. The van der Waals surface area contributed by atoms with Gasteiger partial charge in [-0.1, -0.05) is 67.8 Å². The molecule has 0 aliphatic carbocycles. The molecule has 28 heavy (non-hydrogen) atoms. The van der Waals surface area contributed by atoms with Crippen LogP contribution in [0.3, 0.4) is 0 Å². The Hall–Kier alpha value is -3.52. The number of ether oxygens (including phenoxy) is 2. The van der Waals surface area contributed by atoms with Gasteiger partial charge >= 0.3 is 0 Å². The first-order valence-corrected chi connectivity index (χ1v) is 9.23. The summed E-state index contributed by atoms with van der Waals surface area (Å²) in [5.41, 5.74) is 3.22. The van der Waals surface area contributed by atoms with Gasteiger partial charge in [0.1, 0.15) is 18.1 Å². The number of benzene rings is 4. The zero-order valence-electron chi connectivity index (χ0n) is 15.9. The van der Waals surface area contributed by atoms with Gasteiger partial charge < -0.3 is 9.47 Å². The Morgan fingerprint density at radius 3 is 2.36 bits per heavy atom. The maximum Gasteiger partial charge on any atom is 0.128 e. The van der Waals surface area contributed by atoms with Crippen molar-refractivity contribution < 1.29 is 9.47 Å². The lowest BCUT2D eigenvalue weighted by atomic mass is 10.0. The van der Waals surface area contributed by atoms with Crippen LogP contribution >= 0.6 is 0 Å². The minimum absolute atomic E-state index is 0.464. The van der Waals surface area contributed by atoms with Gasteiger partial charge in [-0.2, -0.15) is 0 Å². The minimum Gasteiger partial charge on any atom is -0.496 e. The van der Waals surface area contributed by atoms with Gasteiger partial charge in [0.2, 0.25) is 0 Å². The summed E-state index contributed by atoms with van der Waals surface area (Å²) in [6, 6.07) is 22.7. The molecule has 2 nitrogen and oxygen atoms in total. The van der Waals surface area contributed by atoms with Crippen molar-refractivity contribution in [2.75, 3.05) is 7.11 Å². The van der Waals surface area contributed by atoms with E-state index in [2.05, 4.69) is 49.6 Å². The van der Waals surface area contributed by atoms with Crippen LogP contribution in [0.1, 0.15) is 16.7 Å². The summed E-state index contributed by atoms with van der Waals surface area (Å²) in [6.07, 6.45) is 3.70. The molecule has 4 aromatic rings. The Bertz CT molecular complexity index is 1190. The number of hydrogen-bond acceptors (Lipinski definition) is 2. The van der Waals surface area contributed by atoms with Gasteiger partial charge in [-0.3, -0.25) is 0 Å². The fourth-order valence-electron chi connectivity index (χ4n) is 3.52. The van der Waals surface area contributed by atoms with Crippen molar-refractivity contribution in [2.24, 2.45) is 0 Å². The minimum atomic E-state index is 0.464. The van der Waals surface area contributed by atoms with Gasteiger partial charge in [0.05, 0.1) is 7.11 Å². The Labute approximate surface area is 165 Å². The second-order valence-electron chi connectivity index (χ2n) is 6.67. The predicted octanol–water partition coefficient (Wildman–Crippen LogP) is 6.87.